The number of anilines is 1. The van der Waals surface area contributed by atoms with Crippen LogP contribution in [0, 0.1) is 5.82 Å². The van der Waals surface area contributed by atoms with Gasteiger partial charge >= 0.3 is 0 Å². The molecule has 0 N–H and O–H groups in total. The van der Waals surface area contributed by atoms with Crippen LogP contribution in [0.3, 0.4) is 0 Å². The van der Waals surface area contributed by atoms with Gasteiger partial charge in [0.1, 0.15) is 5.82 Å². The molecule has 0 aliphatic rings. The van der Waals surface area contributed by atoms with Gasteiger partial charge in [-0.25, -0.2) is 4.39 Å². The predicted octanol–water partition coefficient (Wildman–Crippen LogP) is 4.02. The fraction of sp³-hybridized carbons (Fsp3) is 0.227. The summed E-state index contributed by atoms with van der Waals surface area (Å²) in [6.45, 7) is 1.74. The lowest BCUT2D eigenvalue weighted by molar-refractivity contribution is -0.118. The van der Waals surface area contributed by atoms with Crippen LogP contribution in [0.25, 0.3) is 11.1 Å². The molecule has 3 aromatic rings. The second-order valence-corrected chi connectivity index (χ2v) is 6.67. The molecule has 1 aromatic heterocycles. The summed E-state index contributed by atoms with van der Waals surface area (Å²) in [4.78, 5) is 25.5. The first-order valence-corrected chi connectivity index (χ1v) is 9.06. The Kier molecular flexibility index (Phi) is 5.68. The molecule has 28 heavy (non-hydrogen) atoms. The Bertz CT molecular complexity index is 1010. The molecule has 1 amide bonds. The molecule has 0 saturated carbocycles. The minimum Gasteiger partial charge on any atom is -0.313 e. The molecule has 0 radical (unpaired) electrons. The van der Waals surface area contributed by atoms with Crippen molar-refractivity contribution in [2.24, 2.45) is 7.05 Å². The summed E-state index contributed by atoms with van der Waals surface area (Å²) in [6.07, 6.45) is 4.09. The van der Waals surface area contributed by atoms with E-state index in [0.29, 0.717) is 17.5 Å². The molecular formula is C22H22FN3O2. The van der Waals surface area contributed by atoms with Gasteiger partial charge in [-0.1, -0.05) is 37.3 Å². The number of carbonyl (C=O) groups is 2. The van der Waals surface area contributed by atoms with Crippen LogP contribution in [0.2, 0.25) is 0 Å². The zero-order valence-corrected chi connectivity index (χ0v) is 16.1. The fourth-order valence-electron chi connectivity index (χ4n) is 3.03. The lowest BCUT2D eigenvalue weighted by atomic mass is 10.00. The topological polar surface area (TPSA) is 55.2 Å². The van der Waals surface area contributed by atoms with E-state index < -0.39 is 5.82 Å². The molecule has 0 spiro atoms. The molecule has 1 heterocycles. The molecule has 6 heteroatoms. The molecule has 0 fully saturated rings. The van der Waals surface area contributed by atoms with Crippen LogP contribution in [-0.2, 0) is 18.3 Å². The van der Waals surface area contributed by atoms with Crippen molar-refractivity contribution in [3.05, 3.63) is 71.8 Å². The number of nitrogens with zero attached hydrogens (tertiary/aromatic N) is 3. The standard InChI is InChI=1S/C22H22FN3O2/c1-4-22(28)26(3)20-10-9-18(12-19(20)23)16-5-7-17(8-6-16)21(27)11-15-13-24-25(2)14-15/h5-10,12-14H,4,11H2,1-3H3. The Morgan fingerprint density at radius 3 is 2.36 bits per heavy atom. The van der Waals surface area contributed by atoms with Gasteiger partial charge in [-0.2, -0.15) is 5.10 Å². The first-order valence-electron chi connectivity index (χ1n) is 9.06. The van der Waals surface area contributed by atoms with Gasteiger partial charge in [0.05, 0.1) is 11.9 Å². The first-order chi connectivity index (χ1) is 13.4. The molecule has 0 aliphatic carbocycles. The highest BCUT2D eigenvalue weighted by Crippen LogP contribution is 2.27. The van der Waals surface area contributed by atoms with Crippen molar-refractivity contribution in [1.82, 2.24) is 9.78 Å². The molecule has 5 nitrogen and oxygen atoms in total. The molecule has 0 saturated heterocycles. The van der Waals surface area contributed by atoms with E-state index in [2.05, 4.69) is 5.10 Å². The van der Waals surface area contributed by atoms with E-state index in [-0.39, 0.29) is 23.8 Å². The maximum atomic E-state index is 14.5. The smallest absolute Gasteiger partial charge is 0.226 e. The summed E-state index contributed by atoms with van der Waals surface area (Å²) in [7, 11) is 3.37. The van der Waals surface area contributed by atoms with E-state index >= 15 is 0 Å². The highest BCUT2D eigenvalue weighted by molar-refractivity contribution is 5.98. The van der Waals surface area contributed by atoms with Crippen molar-refractivity contribution in [2.45, 2.75) is 19.8 Å². The Morgan fingerprint density at radius 1 is 1.11 bits per heavy atom. The highest BCUT2D eigenvalue weighted by Gasteiger charge is 2.14. The van der Waals surface area contributed by atoms with Crippen LogP contribution in [0.4, 0.5) is 10.1 Å². The molecule has 144 valence electrons. The Hall–Kier alpha value is -3.28. The van der Waals surface area contributed by atoms with Gasteiger partial charge in [0.2, 0.25) is 5.91 Å². The molecule has 0 aliphatic heterocycles. The van der Waals surface area contributed by atoms with Crippen LogP contribution in [0.15, 0.2) is 54.9 Å². The third-order valence-corrected chi connectivity index (χ3v) is 4.65. The van der Waals surface area contributed by atoms with Gasteiger partial charge < -0.3 is 4.90 Å². The Balaban J connectivity index is 1.77. The summed E-state index contributed by atoms with van der Waals surface area (Å²) in [6, 6.07) is 11.8. The number of rotatable bonds is 6. The van der Waals surface area contributed by atoms with E-state index in [9.17, 15) is 14.0 Å². The largest absolute Gasteiger partial charge is 0.313 e. The molecular weight excluding hydrogens is 357 g/mol. The fourth-order valence-corrected chi connectivity index (χ4v) is 3.03. The lowest BCUT2D eigenvalue weighted by Crippen LogP contribution is -2.25. The number of Topliss-reactive ketones (excluding diaryl/α,β-unsaturated/α-hetero) is 1. The molecule has 0 unspecified atom stereocenters. The Labute approximate surface area is 163 Å². The number of aromatic nitrogens is 2. The monoisotopic (exact) mass is 379 g/mol. The SMILES string of the molecule is CCC(=O)N(C)c1ccc(-c2ccc(C(=O)Cc3cnn(C)c3)cc2)cc1F. The van der Waals surface area contributed by atoms with Crippen molar-refractivity contribution >= 4 is 17.4 Å². The summed E-state index contributed by atoms with van der Waals surface area (Å²) < 4.78 is 16.1. The lowest BCUT2D eigenvalue weighted by Gasteiger charge is -2.17. The number of benzene rings is 2. The van der Waals surface area contributed by atoms with E-state index in [1.54, 1.807) is 61.2 Å². The second-order valence-electron chi connectivity index (χ2n) is 6.67. The Morgan fingerprint density at radius 2 is 1.79 bits per heavy atom. The number of amides is 1. The average molecular weight is 379 g/mol. The zero-order chi connectivity index (χ0) is 20.3. The van der Waals surface area contributed by atoms with E-state index in [4.69, 9.17) is 0 Å². The molecule has 2 aromatic carbocycles. The molecule has 0 atom stereocenters. The predicted molar refractivity (Wildman–Crippen MR) is 107 cm³/mol. The first kappa shape index (κ1) is 19.5. The van der Waals surface area contributed by atoms with Crippen molar-refractivity contribution in [3.63, 3.8) is 0 Å². The summed E-state index contributed by atoms with van der Waals surface area (Å²) in [5.74, 6) is -0.609. The maximum absolute atomic E-state index is 14.5. The number of halogens is 1. The molecule has 0 bridgehead atoms. The van der Waals surface area contributed by atoms with Gasteiger partial charge in [0.15, 0.2) is 5.78 Å². The van der Waals surface area contributed by atoms with Crippen LogP contribution in [0.1, 0.15) is 29.3 Å². The number of hydrogen-bond donors (Lipinski definition) is 0. The normalized spacial score (nSPS) is 10.7. The van der Waals surface area contributed by atoms with Crippen molar-refractivity contribution in [3.8, 4) is 11.1 Å². The average Bonchev–Trinajstić information content (AvgIpc) is 3.11. The van der Waals surface area contributed by atoms with Gasteiger partial charge in [-0.3, -0.25) is 14.3 Å². The highest BCUT2D eigenvalue weighted by atomic mass is 19.1. The van der Waals surface area contributed by atoms with Crippen LogP contribution < -0.4 is 4.90 Å². The second kappa shape index (κ2) is 8.17. The number of carbonyl (C=O) groups excluding carboxylic acids is 2. The van der Waals surface area contributed by atoms with Crippen molar-refractivity contribution < 1.29 is 14.0 Å². The van der Waals surface area contributed by atoms with Gasteiger partial charge in [-0.05, 0) is 28.8 Å². The minimum absolute atomic E-state index is 0.000723. The van der Waals surface area contributed by atoms with Gasteiger partial charge in [0.25, 0.3) is 0 Å². The van der Waals surface area contributed by atoms with Crippen LogP contribution in [0.5, 0.6) is 0 Å². The number of hydrogen-bond acceptors (Lipinski definition) is 3. The third kappa shape index (κ3) is 4.17. The maximum Gasteiger partial charge on any atom is 0.226 e. The minimum atomic E-state index is -0.460. The zero-order valence-electron chi connectivity index (χ0n) is 16.1. The van der Waals surface area contributed by atoms with E-state index in [1.807, 2.05) is 13.2 Å². The van der Waals surface area contributed by atoms with E-state index in [1.165, 1.54) is 11.0 Å². The van der Waals surface area contributed by atoms with Crippen molar-refractivity contribution in [1.29, 1.82) is 0 Å². The van der Waals surface area contributed by atoms with Gasteiger partial charge in [-0.15, -0.1) is 0 Å². The summed E-state index contributed by atoms with van der Waals surface area (Å²) in [5.41, 5.74) is 3.19. The van der Waals surface area contributed by atoms with E-state index in [0.717, 1.165) is 11.1 Å². The third-order valence-electron chi connectivity index (χ3n) is 4.65. The quantitative estimate of drug-likeness (QED) is 0.608. The number of ketones is 1. The molecule has 3 rings (SSSR count). The van der Waals surface area contributed by atoms with Gasteiger partial charge in [0, 0.05) is 38.7 Å². The van der Waals surface area contributed by atoms with Crippen LogP contribution >= 0.6 is 0 Å². The van der Waals surface area contributed by atoms with Crippen molar-refractivity contribution in [2.75, 3.05) is 11.9 Å². The number of aryl methyl sites for hydroxylation is 1. The summed E-state index contributed by atoms with van der Waals surface area (Å²) >= 11 is 0. The summed E-state index contributed by atoms with van der Waals surface area (Å²) in [5, 5.41) is 4.07. The van der Waals surface area contributed by atoms with Crippen LogP contribution in [-0.4, -0.2) is 28.5 Å².